The van der Waals surface area contributed by atoms with E-state index in [9.17, 15) is 9.59 Å². The van der Waals surface area contributed by atoms with Crippen molar-refractivity contribution in [3.05, 3.63) is 29.8 Å². The van der Waals surface area contributed by atoms with Gasteiger partial charge in [-0.25, -0.2) is 4.79 Å². The third-order valence-electron chi connectivity index (χ3n) is 2.55. The van der Waals surface area contributed by atoms with E-state index in [4.69, 9.17) is 9.84 Å². The van der Waals surface area contributed by atoms with Gasteiger partial charge in [0.2, 0.25) is 6.41 Å². The van der Waals surface area contributed by atoms with Crippen LogP contribution in [0, 0.1) is 0 Å². The Hall–Kier alpha value is -1.69. The Kier molecular flexibility index (Phi) is 6.81. The summed E-state index contributed by atoms with van der Waals surface area (Å²) in [7, 11) is 1.62. The molecule has 0 saturated heterocycles. The van der Waals surface area contributed by atoms with Crippen LogP contribution in [0.1, 0.15) is 12.0 Å². The highest BCUT2D eigenvalue weighted by atomic mass is 32.2. The number of hydrogen-bond donors (Lipinski definition) is 2. The molecule has 0 heterocycles. The Labute approximate surface area is 116 Å². The van der Waals surface area contributed by atoms with E-state index in [1.807, 2.05) is 24.3 Å². The Balaban J connectivity index is 2.29. The van der Waals surface area contributed by atoms with Crippen LogP contribution in [0.2, 0.25) is 0 Å². The Morgan fingerprint density at radius 2 is 2.16 bits per heavy atom. The zero-order valence-corrected chi connectivity index (χ0v) is 11.5. The molecule has 1 aromatic carbocycles. The van der Waals surface area contributed by atoms with Crippen LogP contribution in [0.5, 0.6) is 5.75 Å². The van der Waals surface area contributed by atoms with Crippen LogP contribution >= 0.6 is 11.8 Å². The number of aliphatic carboxylic acids is 1. The summed E-state index contributed by atoms with van der Waals surface area (Å²) in [5.74, 6) is 1.29. The smallest absolute Gasteiger partial charge is 0.326 e. The van der Waals surface area contributed by atoms with Crippen molar-refractivity contribution in [2.24, 2.45) is 0 Å². The van der Waals surface area contributed by atoms with Crippen LogP contribution in [0.25, 0.3) is 0 Å². The zero-order valence-electron chi connectivity index (χ0n) is 10.7. The molecule has 0 spiro atoms. The highest BCUT2D eigenvalue weighted by Crippen LogP contribution is 2.17. The first kappa shape index (κ1) is 15.4. The number of carbonyl (C=O) groups is 2. The lowest BCUT2D eigenvalue weighted by Gasteiger charge is -2.10. The van der Waals surface area contributed by atoms with Gasteiger partial charge in [0.1, 0.15) is 11.8 Å². The Morgan fingerprint density at radius 3 is 2.68 bits per heavy atom. The highest BCUT2D eigenvalue weighted by Gasteiger charge is 2.15. The van der Waals surface area contributed by atoms with E-state index in [0.717, 1.165) is 17.1 Å². The minimum absolute atomic E-state index is 0.412. The van der Waals surface area contributed by atoms with Gasteiger partial charge in [-0.2, -0.15) is 11.8 Å². The molecular formula is C13H17NO4S. The summed E-state index contributed by atoms with van der Waals surface area (Å²) in [5.41, 5.74) is 1.15. The molecule has 6 heteroatoms. The third kappa shape index (κ3) is 5.65. The molecule has 0 aliphatic heterocycles. The molecule has 104 valence electrons. The van der Waals surface area contributed by atoms with E-state index < -0.39 is 12.0 Å². The van der Waals surface area contributed by atoms with Crippen molar-refractivity contribution in [2.75, 3.05) is 12.9 Å². The number of rotatable bonds is 9. The molecule has 1 atom stereocenters. The van der Waals surface area contributed by atoms with Gasteiger partial charge in [0, 0.05) is 5.75 Å². The van der Waals surface area contributed by atoms with Gasteiger partial charge in [-0.1, -0.05) is 12.1 Å². The lowest BCUT2D eigenvalue weighted by Crippen LogP contribution is -2.36. The van der Waals surface area contributed by atoms with Gasteiger partial charge in [-0.3, -0.25) is 4.79 Å². The molecule has 19 heavy (non-hydrogen) atoms. The molecule has 0 aliphatic rings. The predicted molar refractivity (Wildman–Crippen MR) is 74.4 cm³/mol. The second-order valence-electron chi connectivity index (χ2n) is 3.86. The number of thioether (sulfide) groups is 1. The Bertz CT molecular complexity index is 408. The van der Waals surface area contributed by atoms with Gasteiger partial charge < -0.3 is 15.2 Å². The largest absolute Gasteiger partial charge is 0.497 e. The molecule has 1 rings (SSSR count). The van der Waals surface area contributed by atoms with Crippen LogP contribution in [-0.4, -0.2) is 36.4 Å². The number of hydrogen-bond acceptors (Lipinski definition) is 4. The summed E-state index contributed by atoms with van der Waals surface area (Å²) in [5, 5.41) is 11.1. The lowest BCUT2D eigenvalue weighted by atomic mass is 10.2. The standard InChI is InChI=1S/C13H17NO4S/c1-18-11-4-2-10(3-5-11)8-19-7-6-12(13(16)17)14-9-15/h2-5,9,12H,6-8H2,1H3,(H,14,15)(H,16,17). The number of nitrogens with one attached hydrogen (secondary N) is 1. The fraction of sp³-hybridized carbons (Fsp3) is 0.385. The number of ether oxygens (including phenoxy) is 1. The number of benzene rings is 1. The summed E-state index contributed by atoms with van der Waals surface area (Å²) in [6.45, 7) is 0. The molecule has 1 unspecified atom stereocenters. The number of amides is 1. The first-order valence-electron chi connectivity index (χ1n) is 5.80. The van der Waals surface area contributed by atoms with Crippen LogP contribution in [0.15, 0.2) is 24.3 Å². The topological polar surface area (TPSA) is 75.6 Å². The van der Waals surface area contributed by atoms with Gasteiger partial charge in [0.05, 0.1) is 7.11 Å². The van der Waals surface area contributed by atoms with Crippen molar-refractivity contribution in [1.82, 2.24) is 5.32 Å². The second kappa shape index (κ2) is 8.42. The van der Waals surface area contributed by atoms with Crippen molar-refractivity contribution in [2.45, 2.75) is 18.2 Å². The predicted octanol–water partition coefficient (Wildman–Crippen LogP) is 1.52. The van der Waals surface area contributed by atoms with Gasteiger partial charge in [0.25, 0.3) is 0 Å². The van der Waals surface area contributed by atoms with Crippen molar-refractivity contribution in [3.8, 4) is 5.75 Å². The maximum Gasteiger partial charge on any atom is 0.326 e. The molecule has 0 bridgehead atoms. The van der Waals surface area contributed by atoms with Crippen LogP contribution in [0.4, 0.5) is 0 Å². The molecule has 2 N–H and O–H groups in total. The van der Waals surface area contributed by atoms with Crippen molar-refractivity contribution in [1.29, 1.82) is 0 Å². The summed E-state index contributed by atoms with van der Waals surface area (Å²) in [4.78, 5) is 21.0. The zero-order chi connectivity index (χ0) is 14.1. The Morgan fingerprint density at radius 1 is 1.47 bits per heavy atom. The average Bonchev–Trinajstić information content (AvgIpc) is 2.42. The summed E-state index contributed by atoms with van der Waals surface area (Å²) >= 11 is 1.63. The van der Waals surface area contributed by atoms with Crippen LogP contribution < -0.4 is 10.1 Å². The first-order chi connectivity index (χ1) is 9.17. The molecule has 5 nitrogen and oxygen atoms in total. The highest BCUT2D eigenvalue weighted by molar-refractivity contribution is 7.98. The van der Waals surface area contributed by atoms with Gasteiger partial charge in [-0.05, 0) is 29.9 Å². The third-order valence-corrected chi connectivity index (χ3v) is 3.61. The molecule has 0 aromatic heterocycles. The van der Waals surface area contributed by atoms with Gasteiger partial charge >= 0.3 is 5.97 Å². The van der Waals surface area contributed by atoms with Crippen molar-refractivity contribution < 1.29 is 19.4 Å². The molecule has 0 radical (unpaired) electrons. The van der Waals surface area contributed by atoms with Crippen molar-refractivity contribution >= 4 is 24.1 Å². The van der Waals surface area contributed by atoms with E-state index >= 15 is 0 Å². The minimum Gasteiger partial charge on any atom is -0.497 e. The van der Waals surface area contributed by atoms with Gasteiger partial charge in [-0.15, -0.1) is 0 Å². The monoisotopic (exact) mass is 283 g/mol. The van der Waals surface area contributed by atoms with E-state index in [0.29, 0.717) is 18.6 Å². The fourth-order valence-electron chi connectivity index (χ4n) is 1.47. The van der Waals surface area contributed by atoms with Crippen LogP contribution in [0.3, 0.4) is 0 Å². The summed E-state index contributed by atoms with van der Waals surface area (Å²) in [6, 6.07) is 6.93. The quantitative estimate of drug-likeness (QED) is 0.531. The minimum atomic E-state index is -1.00. The molecule has 0 fully saturated rings. The molecule has 0 saturated carbocycles. The SMILES string of the molecule is COc1ccc(CSCCC(NC=O)C(=O)O)cc1. The lowest BCUT2D eigenvalue weighted by molar-refractivity contribution is -0.140. The number of carboxylic acids is 1. The molecule has 1 amide bonds. The van der Waals surface area contributed by atoms with E-state index in [1.165, 1.54) is 0 Å². The molecule has 0 aliphatic carbocycles. The summed E-state index contributed by atoms with van der Waals surface area (Å²) in [6.07, 6.45) is 0.835. The maximum atomic E-state index is 10.8. The van der Waals surface area contributed by atoms with Gasteiger partial charge in [0.15, 0.2) is 0 Å². The van der Waals surface area contributed by atoms with E-state index in [2.05, 4.69) is 5.32 Å². The first-order valence-corrected chi connectivity index (χ1v) is 6.96. The summed E-state index contributed by atoms with van der Waals surface area (Å²) < 4.78 is 5.07. The number of carbonyl (C=O) groups excluding carboxylic acids is 1. The number of carboxylic acid groups (broad SMARTS) is 1. The van der Waals surface area contributed by atoms with E-state index in [-0.39, 0.29) is 0 Å². The average molecular weight is 283 g/mol. The van der Waals surface area contributed by atoms with Crippen LogP contribution in [-0.2, 0) is 15.3 Å². The van der Waals surface area contributed by atoms with Crippen molar-refractivity contribution in [3.63, 3.8) is 0 Å². The number of methoxy groups -OCH3 is 1. The fourth-order valence-corrected chi connectivity index (χ4v) is 2.45. The maximum absolute atomic E-state index is 10.8. The molecular weight excluding hydrogens is 266 g/mol. The van der Waals surface area contributed by atoms with E-state index in [1.54, 1.807) is 18.9 Å². The molecule has 1 aromatic rings. The second-order valence-corrected chi connectivity index (χ2v) is 4.97. The normalized spacial score (nSPS) is 11.6.